The molecule has 2 rings (SSSR count). The summed E-state index contributed by atoms with van der Waals surface area (Å²) in [5.41, 5.74) is 1.95. The van der Waals surface area contributed by atoms with E-state index < -0.39 is 5.95 Å². The Morgan fingerprint density at radius 3 is 2.40 bits per heavy atom. The average Bonchev–Trinajstić information content (AvgIpc) is 2.30. The zero-order chi connectivity index (χ0) is 10.7. The van der Waals surface area contributed by atoms with Crippen LogP contribution in [0.15, 0.2) is 42.5 Å². The first-order valence-electron chi connectivity index (χ1n) is 4.58. The van der Waals surface area contributed by atoms with Gasteiger partial charge in [-0.3, -0.25) is 0 Å². The molecular weight excluding hydrogens is 213 g/mol. The monoisotopic (exact) mass is 221 g/mol. The standard InChI is InChI=1S/C12H9ClFN/c13-8-10-6-7-11(15-12(10)14)9-4-2-1-3-5-9/h1-7H,8H2. The number of hydrogen-bond acceptors (Lipinski definition) is 1. The largest absolute Gasteiger partial charge is 0.219 e. The highest BCUT2D eigenvalue weighted by Crippen LogP contribution is 2.18. The molecule has 0 saturated carbocycles. The summed E-state index contributed by atoms with van der Waals surface area (Å²) in [4.78, 5) is 3.86. The Morgan fingerprint density at radius 1 is 1.07 bits per heavy atom. The maximum absolute atomic E-state index is 13.3. The summed E-state index contributed by atoms with van der Waals surface area (Å²) < 4.78 is 13.3. The number of benzene rings is 1. The van der Waals surface area contributed by atoms with Crippen LogP contribution in [0.4, 0.5) is 4.39 Å². The lowest BCUT2D eigenvalue weighted by molar-refractivity contribution is 0.574. The van der Waals surface area contributed by atoms with E-state index in [9.17, 15) is 4.39 Å². The Kier molecular flexibility index (Phi) is 2.97. The van der Waals surface area contributed by atoms with Crippen LogP contribution in [0.3, 0.4) is 0 Å². The Morgan fingerprint density at radius 2 is 1.80 bits per heavy atom. The summed E-state index contributed by atoms with van der Waals surface area (Å²) in [5, 5.41) is 0. The first kappa shape index (κ1) is 10.1. The zero-order valence-corrected chi connectivity index (χ0v) is 8.71. The van der Waals surface area contributed by atoms with Gasteiger partial charge < -0.3 is 0 Å². The first-order valence-corrected chi connectivity index (χ1v) is 5.11. The van der Waals surface area contributed by atoms with Crippen molar-refractivity contribution in [3.8, 4) is 11.3 Å². The van der Waals surface area contributed by atoms with E-state index in [4.69, 9.17) is 11.6 Å². The number of halogens is 2. The summed E-state index contributed by atoms with van der Waals surface area (Å²) in [6.07, 6.45) is 0. The molecule has 0 saturated heterocycles. The van der Waals surface area contributed by atoms with Crippen LogP contribution in [0.25, 0.3) is 11.3 Å². The number of hydrogen-bond donors (Lipinski definition) is 0. The highest BCUT2D eigenvalue weighted by atomic mass is 35.5. The maximum atomic E-state index is 13.3. The molecule has 0 unspecified atom stereocenters. The third-order valence-corrected chi connectivity index (χ3v) is 2.43. The predicted octanol–water partition coefficient (Wildman–Crippen LogP) is 3.63. The second-order valence-electron chi connectivity index (χ2n) is 3.15. The molecule has 3 heteroatoms. The van der Waals surface area contributed by atoms with Crippen molar-refractivity contribution in [3.05, 3.63) is 54.0 Å². The molecule has 1 nitrogen and oxygen atoms in total. The normalized spacial score (nSPS) is 10.3. The van der Waals surface area contributed by atoms with Crippen LogP contribution in [0.2, 0.25) is 0 Å². The zero-order valence-electron chi connectivity index (χ0n) is 7.95. The van der Waals surface area contributed by atoms with Gasteiger partial charge in [0.05, 0.1) is 11.6 Å². The number of nitrogens with zero attached hydrogens (tertiary/aromatic N) is 1. The molecule has 2 aromatic rings. The average molecular weight is 222 g/mol. The van der Waals surface area contributed by atoms with Gasteiger partial charge in [-0.2, -0.15) is 4.39 Å². The molecule has 0 amide bonds. The van der Waals surface area contributed by atoms with Gasteiger partial charge in [-0.25, -0.2) is 4.98 Å². The van der Waals surface area contributed by atoms with E-state index in [0.29, 0.717) is 11.3 Å². The quantitative estimate of drug-likeness (QED) is 0.558. The van der Waals surface area contributed by atoms with E-state index in [0.717, 1.165) is 5.56 Å². The molecule has 0 aliphatic carbocycles. The molecular formula is C12H9ClFN. The minimum absolute atomic E-state index is 0.147. The number of pyridine rings is 1. The molecule has 1 heterocycles. The molecule has 76 valence electrons. The smallest absolute Gasteiger partial charge is 0.217 e. The molecule has 1 aromatic carbocycles. The van der Waals surface area contributed by atoms with E-state index in [-0.39, 0.29) is 5.88 Å². The van der Waals surface area contributed by atoms with E-state index in [1.807, 2.05) is 30.3 Å². The van der Waals surface area contributed by atoms with E-state index in [2.05, 4.69) is 4.98 Å². The Hall–Kier alpha value is -1.41. The lowest BCUT2D eigenvalue weighted by Gasteiger charge is -2.02. The number of rotatable bonds is 2. The van der Waals surface area contributed by atoms with Gasteiger partial charge in [-0.15, -0.1) is 11.6 Å². The first-order chi connectivity index (χ1) is 7.31. The van der Waals surface area contributed by atoms with E-state index >= 15 is 0 Å². The van der Waals surface area contributed by atoms with Crippen LogP contribution in [-0.4, -0.2) is 4.98 Å². The predicted molar refractivity (Wildman–Crippen MR) is 59.2 cm³/mol. The summed E-state index contributed by atoms with van der Waals surface area (Å²) in [6, 6.07) is 12.9. The molecule has 0 spiro atoms. The van der Waals surface area contributed by atoms with Crippen LogP contribution in [0, 0.1) is 5.95 Å². The van der Waals surface area contributed by atoms with Gasteiger partial charge in [0, 0.05) is 11.1 Å². The van der Waals surface area contributed by atoms with Crippen molar-refractivity contribution in [1.29, 1.82) is 0 Å². The minimum atomic E-state index is -0.494. The number of alkyl halides is 1. The Balaban J connectivity index is 2.43. The van der Waals surface area contributed by atoms with Crippen LogP contribution >= 0.6 is 11.6 Å². The van der Waals surface area contributed by atoms with Gasteiger partial charge in [0.25, 0.3) is 0 Å². The van der Waals surface area contributed by atoms with Gasteiger partial charge in [0.2, 0.25) is 5.95 Å². The summed E-state index contributed by atoms with van der Waals surface area (Å²) in [7, 11) is 0. The molecule has 0 fully saturated rings. The molecule has 0 aliphatic heterocycles. The van der Waals surface area contributed by atoms with Crippen molar-refractivity contribution in [2.24, 2.45) is 0 Å². The highest BCUT2D eigenvalue weighted by molar-refractivity contribution is 6.17. The summed E-state index contributed by atoms with van der Waals surface area (Å²) in [5.74, 6) is -0.347. The van der Waals surface area contributed by atoms with Gasteiger partial charge in [0.1, 0.15) is 0 Å². The van der Waals surface area contributed by atoms with Crippen molar-refractivity contribution >= 4 is 11.6 Å². The lowest BCUT2D eigenvalue weighted by atomic mass is 10.1. The summed E-state index contributed by atoms with van der Waals surface area (Å²) >= 11 is 5.55. The van der Waals surface area contributed by atoms with Gasteiger partial charge >= 0.3 is 0 Å². The van der Waals surface area contributed by atoms with Gasteiger partial charge in [0.15, 0.2) is 0 Å². The fourth-order valence-corrected chi connectivity index (χ4v) is 1.53. The molecule has 0 aliphatic rings. The minimum Gasteiger partial charge on any atom is -0.219 e. The van der Waals surface area contributed by atoms with Gasteiger partial charge in [-0.05, 0) is 6.07 Å². The molecule has 0 atom stereocenters. The van der Waals surface area contributed by atoms with Crippen LogP contribution in [0.1, 0.15) is 5.56 Å². The van der Waals surface area contributed by atoms with Crippen LogP contribution < -0.4 is 0 Å². The molecule has 1 aromatic heterocycles. The molecule has 15 heavy (non-hydrogen) atoms. The highest BCUT2D eigenvalue weighted by Gasteiger charge is 2.05. The van der Waals surface area contributed by atoms with Gasteiger partial charge in [-0.1, -0.05) is 36.4 Å². The Labute approximate surface area is 92.5 Å². The summed E-state index contributed by atoms with van der Waals surface area (Å²) in [6.45, 7) is 0. The third kappa shape index (κ3) is 2.16. The lowest BCUT2D eigenvalue weighted by Crippen LogP contribution is -1.93. The third-order valence-electron chi connectivity index (χ3n) is 2.14. The SMILES string of the molecule is Fc1nc(-c2ccccc2)ccc1CCl. The van der Waals surface area contributed by atoms with E-state index in [1.165, 1.54) is 0 Å². The fraction of sp³-hybridized carbons (Fsp3) is 0.0833. The second-order valence-corrected chi connectivity index (χ2v) is 3.41. The topological polar surface area (TPSA) is 12.9 Å². The van der Waals surface area contributed by atoms with Crippen molar-refractivity contribution in [3.63, 3.8) is 0 Å². The van der Waals surface area contributed by atoms with Crippen molar-refractivity contribution < 1.29 is 4.39 Å². The molecule has 0 N–H and O–H groups in total. The fourth-order valence-electron chi connectivity index (χ4n) is 1.33. The van der Waals surface area contributed by atoms with Crippen LogP contribution in [-0.2, 0) is 5.88 Å². The van der Waals surface area contributed by atoms with Crippen LogP contribution in [0.5, 0.6) is 0 Å². The van der Waals surface area contributed by atoms with Crippen molar-refractivity contribution in [2.75, 3.05) is 0 Å². The maximum Gasteiger partial charge on any atom is 0.217 e. The second kappa shape index (κ2) is 4.41. The molecule has 0 radical (unpaired) electrons. The number of aromatic nitrogens is 1. The molecule has 0 bridgehead atoms. The van der Waals surface area contributed by atoms with Crippen molar-refractivity contribution in [2.45, 2.75) is 5.88 Å². The van der Waals surface area contributed by atoms with E-state index in [1.54, 1.807) is 12.1 Å². The Bertz CT molecular complexity index is 456. The van der Waals surface area contributed by atoms with Crippen molar-refractivity contribution in [1.82, 2.24) is 4.98 Å².